The van der Waals surface area contributed by atoms with Crippen LogP contribution in [0.1, 0.15) is 16.0 Å². The van der Waals surface area contributed by atoms with Crippen molar-refractivity contribution < 1.29 is 9.47 Å². The van der Waals surface area contributed by atoms with Gasteiger partial charge in [-0.1, -0.05) is 49.5 Å². The molecule has 5 heteroatoms. The van der Waals surface area contributed by atoms with Gasteiger partial charge in [0.05, 0.1) is 19.0 Å². The molecule has 0 aliphatic heterocycles. The number of benzene rings is 2. The molecule has 0 aliphatic rings. The maximum atomic E-state index is 5.98. The van der Waals surface area contributed by atoms with Crippen LogP contribution in [0, 0.1) is 0 Å². The fraction of sp³-hybridized carbons (Fsp3) is 0.200. The Bertz CT molecular complexity index is 617. The molecule has 20 heavy (non-hydrogen) atoms. The van der Waals surface area contributed by atoms with Gasteiger partial charge in [-0.25, -0.2) is 0 Å². The maximum Gasteiger partial charge on any atom is 0.123 e. The highest BCUT2D eigenvalue weighted by atomic mass is 79.9. The molecule has 2 nitrogen and oxygen atoms in total. The van der Waals surface area contributed by atoms with Crippen LogP contribution in [0.25, 0.3) is 0 Å². The van der Waals surface area contributed by atoms with Crippen LogP contribution in [0.2, 0.25) is 5.02 Å². The quantitative estimate of drug-likeness (QED) is 0.599. The Morgan fingerprint density at radius 2 is 1.75 bits per heavy atom. The fourth-order valence-electron chi connectivity index (χ4n) is 1.91. The van der Waals surface area contributed by atoms with Crippen LogP contribution >= 0.6 is 43.5 Å². The van der Waals surface area contributed by atoms with Crippen molar-refractivity contribution in [2.24, 2.45) is 0 Å². The minimum atomic E-state index is -0.0285. The first kappa shape index (κ1) is 15.7. The van der Waals surface area contributed by atoms with Gasteiger partial charge in [0.15, 0.2) is 0 Å². The van der Waals surface area contributed by atoms with E-state index in [1.54, 1.807) is 14.2 Å². The third-order valence-corrected chi connectivity index (χ3v) is 4.85. The molecule has 0 bridgehead atoms. The summed E-state index contributed by atoms with van der Waals surface area (Å²) in [6.07, 6.45) is 0. The number of halogens is 3. The van der Waals surface area contributed by atoms with Gasteiger partial charge in [-0.2, -0.15) is 0 Å². The number of methoxy groups -OCH3 is 2. The van der Waals surface area contributed by atoms with Crippen LogP contribution < -0.4 is 9.47 Å². The zero-order valence-electron chi connectivity index (χ0n) is 11.0. The highest BCUT2D eigenvalue weighted by Crippen LogP contribution is 2.41. The van der Waals surface area contributed by atoms with E-state index in [1.807, 2.05) is 36.4 Å². The van der Waals surface area contributed by atoms with Gasteiger partial charge in [-0.15, -0.1) is 0 Å². The highest BCUT2D eigenvalue weighted by molar-refractivity contribution is 9.11. The Morgan fingerprint density at radius 1 is 1.00 bits per heavy atom. The first-order chi connectivity index (χ1) is 9.56. The summed E-state index contributed by atoms with van der Waals surface area (Å²) in [5.74, 6) is 1.59. The average Bonchev–Trinajstić information content (AvgIpc) is 2.46. The molecule has 0 saturated heterocycles. The van der Waals surface area contributed by atoms with Crippen molar-refractivity contribution in [3.8, 4) is 11.5 Å². The van der Waals surface area contributed by atoms with Gasteiger partial charge in [0, 0.05) is 15.1 Å². The molecular weight excluding hydrogens is 407 g/mol. The van der Waals surface area contributed by atoms with E-state index in [9.17, 15) is 0 Å². The van der Waals surface area contributed by atoms with E-state index in [4.69, 9.17) is 21.1 Å². The van der Waals surface area contributed by atoms with Gasteiger partial charge in [0.2, 0.25) is 0 Å². The summed E-state index contributed by atoms with van der Waals surface area (Å²) in [6, 6.07) is 11.4. The van der Waals surface area contributed by atoms with Crippen LogP contribution in [0.4, 0.5) is 0 Å². The van der Waals surface area contributed by atoms with E-state index in [0.29, 0.717) is 5.02 Å². The Kier molecular flexibility index (Phi) is 5.35. The summed E-state index contributed by atoms with van der Waals surface area (Å²) in [4.78, 5) is -0.0285. The third-order valence-electron chi connectivity index (χ3n) is 2.95. The molecule has 0 amide bonds. The van der Waals surface area contributed by atoms with Crippen LogP contribution in [0.3, 0.4) is 0 Å². The molecule has 2 rings (SSSR count). The lowest BCUT2D eigenvalue weighted by atomic mass is 10.0. The summed E-state index contributed by atoms with van der Waals surface area (Å²) in [6.45, 7) is 0. The molecule has 2 aromatic rings. The van der Waals surface area contributed by atoms with Crippen molar-refractivity contribution in [3.63, 3.8) is 0 Å². The molecule has 0 N–H and O–H groups in total. The normalized spacial score (nSPS) is 12.1. The van der Waals surface area contributed by atoms with Gasteiger partial charge >= 0.3 is 0 Å². The summed E-state index contributed by atoms with van der Waals surface area (Å²) < 4.78 is 11.6. The molecular formula is C15H13Br2ClO2. The van der Waals surface area contributed by atoms with Crippen molar-refractivity contribution in [2.45, 2.75) is 4.83 Å². The maximum absolute atomic E-state index is 5.98. The minimum Gasteiger partial charge on any atom is -0.497 e. The molecule has 0 radical (unpaired) electrons. The Hall–Kier alpha value is -0.710. The average molecular weight is 421 g/mol. The Balaban J connectivity index is 2.48. The van der Waals surface area contributed by atoms with Crippen molar-refractivity contribution in [1.82, 2.24) is 0 Å². The molecule has 0 fully saturated rings. The lowest BCUT2D eigenvalue weighted by Crippen LogP contribution is -1.99. The standard InChI is InChI=1S/C15H13Br2ClO2/c1-19-10-4-6-14(20-2)12(8-10)15(17)11-5-3-9(18)7-13(11)16/h3-8,15H,1-2H3. The SMILES string of the molecule is COc1ccc(OC)c(C(Br)c2ccc(Cl)cc2Br)c1. The Labute approximate surface area is 140 Å². The molecule has 0 aromatic heterocycles. The lowest BCUT2D eigenvalue weighted by Gasteiger charge is -2.17. The predicted octanol–water partition coefficient (Wildman–Crippen LogP) is 5.60. The smallest absolute Gasteiger partial charge is 0.123 e. The predicted molar refractivity (Wildman–Crippen MR) is 89.5 cm³/mol. The van der Waals surface area contributed by atoms with E-state index in [-0.39, 0.29) is 4.83 Å². The van der Waals surface area contributed by atoms with E-state index in [2.05, 4.69) is 31.9 Å². The van der Waals surface area contributed by atoms with Gasteiger partial charge < -0.3 is 9.47 Å². The molecule has 0 aliphatic carbocycles. The largest absolute Gasteiger partial charge is 0.497 e. The molecule has 0 heterocycles. The third kappa shape index (κ3) is 3.30. The van der Waals surface area contributed by atoms with Gasteiger partial charge in [-0.3, -0.25) is 0 Å². The number of alkyl halides is 1. The van der Waals surface area contributed by atoms with Crippen LogP contribution in [0.5, 0.6) is 11.5 Å². The van der Waals surface area contributed by atoms with Crippen molar-refractivity contribution >= 4 is 43.5 Å². The van der Waals surface area contributed by atoms with Crippen molar-refractivity contribution in [3.05, 3.63) is 57.0 Å². The lowest BCUT2D eigenvalue weighted by molar-refractivity contribution is 0.399. The number of ether oxygens (including phenoxy) is 2. The zero-order chi connectivity index (χ0) is 14.7. The van der Waals surface area contributed by atoms with Crippen LogP contribution in [0.15, 0.2) is 40.9 Å². The number of rotatable bonds is 4. The monoisotopic (exact) mass is 418 g/mol. The van der Waals surface area contributed by atoms with Gasteiger partial charge in [0.1, 0.15) is 11.5 Å². The molecule has 106 valence electrons. The molecule has 0 saturated carbocycles. The van der Waals surface area contributed by atoms with Crippen molar-refractivity contribution in [1.29, 1.82) is 0 Å². The number of hydrogen-bond acceptors (Lipinski definition) is 2. The topological polar surface area (TPSA) is 18.5 Å². The molecule has 1 atom stereocenters. The van der Waals surface area contributed by atoms with E-state index in [1.165, 1.54) is 0 Å². The second-order valence-corrected chi connectivity index (χ2v) is 6.34. The zero-order valence-corrected chi connectivity index (χ0v) is 14.9. The summed E-state index contributed by atoms with van der Waals surface area (Å²) in [5.41, 5.74) is 2.07. The first-order valence-electron chi connectivity index (χ1n) is 5.87. The molecule has 1 unspecified atom stereocenters. The summed E-state index contributed by atoms with van der Waals surface area (Å²) in [7, 11) is 3.30. The van der Waals surface area contributed by atoms with E-state index in [0.717, 1.165) is 27.1 Å². The summed E-state index contributed by atoms with van der Waals surface area (Å²) in [5, 5.41) is 0.693. The van der Waals surface area contributed by atoms with E-state index >= 15 is 0 Å². The van der Waals surface area contributed by atoms with Crippen LogP contribution in [-0.2, 0) is 0 Å². The summed E-state index contributed by atoms with van der Waals surface area (Å²) >= 11 is 13.2. The fourth-order valence-corrected chi connectivity index (χ4v) is 3.89. The Morgan fingerprint density at radius 3 is 2.35 bits per heavy atom. The molecule has 2 aromatic carbocycles. The second kappa shape index (κ2) is 6.83. The number of hydrogen-bond donors (Lipinski definition) is 0. The first-order valence-corrected chi connectivity index (χ1v) is 7.96. The van der Waals surface area contributed by atoms with Gasteiger partial charge in [0.25, 0.3) is 0 Å². The van der Waals surface area contributed by atoms with E-state index < -0.39 is 0 Å². The van der Waals surface area contributed by atoms with Crippen molar-refractivity contribution in [2.75, 3.05) is 14.2 Å². The highest BCUT2D eigenvalue weighted by Gasteiger charge is 2.18. The second-order valence-electron chi connectivity index (χ2n) is 4.14. The van der Waals surface area contributed by atoms with Gasteiger partial charge in [-0.05, 0) is 35.9 Å². The minimum absolute atomic E-state index is 0.0285. The van der Waals surface area contributed by atoms with Crippen LogP contribution in [-0.4, -0.2) is 14.2 Å². The molecule has 0 spiro atoms.